The second-order valence-corrected chi connectivity index (χ2v) is 2.38. The molecule has 80 valence electrons. The summed E-state index contributed by atoms with van der Waals surface area (Å²) in [5, 5.41) is 35.3. The van der Waals surface area contributed by atoms with Crippen LogP contribution >= 0.6 is 0 Å². The van der Waals surface area contributed by atoms with Gasteiger partial charge in [-0.3, -0.25) is 9.59 Å². The molecule has 2 unspecified atom stereocenters. The second kappa shape index (κ2) is 4.05. The van der Waals surface area contributed by atoms with Crippen LogP contribution in [0.2, 0.25) is 0 Å². The molecule has 0 aromatic heterocycles. The Balaban J connectivity index is 6.07. The molecule has 0 aliphatic rings. The number of hydrogen-bond acceptors (Lipinski definition) is 4. The molecular weight excluding hydrogens is 196 g/mol. The summed E-state index contributed by atoms with van der Waals surface area (Å²) >= 11 is 0. The number of carboxylic acid groups (broad SMARTS) is 3. The number of aliphatic carboxylic acids is 3. The highest BCUT2D eigenvalue weighted by Gasteiger charge is 2.47. The fourth-order valence-electron chi connectivity index (χ4n) is 0.617. The number of carboxylic acids is 3. The van der Waals surface area contributed by atoms with Crippen LogP contribution < -0.4 is 0 Å². The van der Waals surface area contributed by atoms with Crippen molar-refractivity contribution in [1.82, 2.24) is 0 Å². The Kier molecular flexibility index (Phi) is 2.24. The van der Waals surface area contributed by atoms with E-state index in [1.165, 1.54) is 0 Å². The summed E-state index contributed by atoms with van der Waals surface area (Å²) in [4.78, 5) is 32.0. The first kappa shape index (κ1) is 7.74. The minimum atomic E-state index is -3.95. The highest BCUT2D eigenvalue weighted by Crippen LogP contribution is 2.22. The summed E-state index contributed by atoms with van der Waals surface area (Å²) in [7, 11) is 0. The van der Waals surface area contributed by atoms with Crippen molar-refractivity contribution < 1.29 is 38.9 Å². The van der Waals surface area contributed by atoms with Gasteiger partial charge in [0.1, 0.15) is 0 Å². The van der Waals surface area contributed by atoms with Crippen LogP contribution in [-0.4, -0.2) is 43.9 Å². The molecule has 7 nitrogen and oxygen atoms in total. The highest BCUT2D eigenvalue weighted by molar-refractivity contribution is 5.89. The molecule has 0 aromatic carbocycles. The first-order valence-electron chi connectivity index (χ1n) is 4.76. The van der Waals surface area contributed by atoms with Crippen LogP contribution in [0.1, 0.15) is 17.4 Å². The van der Waals surface area contributed by atoms with E-state index < -0.39 is 35.8 Å². The first-order valence-corrected chi connectivity index (χ1v) is 3.26. The van der Waals surface area contributed by atoms with Crippen molar-refractivity contribution in [2.75, 3.05) is 0 Å². The van der Waals surface area contributed by atoms with E-state index in [9.17, 15) is 19.5 Å². The molecule has 0 bridgehead atoms. The lowest BCUT2D eigenvalue weighted by molar-refractivity contribution is -0.177. The lowest BCUT2D eigenvalue weighted by atomic mass is 9.86. The summed E-state index contributed by atoms with van der Waals surface area (Å²) < 4.78 is 21.1. The summed E-state index contributed by atoms with van der Waals surface area (Å²) in [6.07, 6.45) is -3.85. The maximum atomic E-state index is 10.8. The highest BCUT2D eigenvalue weighted by atomic mass is 16.4. The third kappa shape index (κ3) is 2.43. The maximum absolute atomic E-state index is 10.8. The van der Waals surface area contributed by atoms with Crippen LogP contribution in [0.5, 0.6) is 0 Å². The SMILES string of the molecule is [2H]C([2H])(C(=O)O)C(O)(C(=O)O)C([2H])(C)C(=O)O. The molecule has 0 aliphatic heterocycles. The predicted molar refractivity (Wildman–Crippen MR) is 41.6 cm³/mol. The summed E-state index contributed by atoms with van der Waals surface area (Å²) in [5.74, 6) is -10.3. The van der Waals surface area contributed by atoms with Gasteiger partial charge in [0.25, 0.3) is 0 Å². The lowest BCUT2D eigenvalue weighted by Crippen LogP contribution is -2.49. The summed E-state index contributed by atoms with van der Waals surface area (Å²) in [6.45, 7) is 0.393. The van der Waals surface area contributed by atoms with Crippen LogP contribution in [0.3, 0.4) is 0 Å². The first-order chi connectivity index (χ1) is 7.33. The van der Waals surface area contributed by atoms with E-state index in [1.54, 1.807) is 0 Å². The minimum absolute atomic E-state index is 0.393. The van der Waals surface area contributed by atoms with Crippen molar-refractivity contribution >= 4 is 17.9 Å². The van der Waals surface area contributed by atoms with E-state index in [2.05, 4.69) is 0 Å². The Labute approximate surface area is 82.8 Å². The molecule has 4 N–H and O–H groups in total. The van der Waals surface area contributed by atoms with Crippen LogP contribution in [0.25, 0.3) is 0 Å². The van der Waals surface area contributed by atoms with E-state index in [-0.39, 0.29) is 0 Å². The zero-order valence-corrected chi connectivity index (χ0v) is 7.01. The third-order valence-corrected chi connectivity index (χ3v) is 1.46. The van der Waals surface area contributed by atoms with Gasteiger partial charge in [0.2, 0.25) is 0 Å². The monoisotopic (exact) mass is 209 g/mol. The van der Waals surface area contributed by atoms with Gasteiger partial charge in [0.05, 0.1) is 12.3 Å². The molecule has 0 saturated carbocycles. The summed E-state index contributed by atoms with van der Waals surface area (Å²) in [5.41, 5.74) is -3.95. The third-order valence-electron chi connectivity index (χ3n) is 1.46. The van der Waals surface area contributed by atoms with Crippen molar-refractivity contribution in [3.63, 3.8) is 0 Å². The molecule has 0 heterocycles. The topological polar surface area (TPSA) is 132 Å². The Morgan fingerprint density at radius 1 is 1.43 bits per heavy atom. The van der Waals surface area contributed by atoms with Crippen molar-refractivity contribution in [2.24, 2.45) is 5.89 Å². The van der Waals surface area contributed by atoms with Crippen molar-refractivity contribution in [1.29, 1.82) is 0 Å². The van der Waals surface area contributed by atoms with E-state index in [4.69, 9.17) is 19.4 Å². The van der Waals surface area contributed by atoms with Gasteiger partial charge in [-0.1, -0.05) is 0 Å². The number of hydrogen-bond donors (Lipinski definition) is 4. The molecule has 0 saturated heterocycles. The Morgan fingerprint density at radius 2 is 1.86 bits per heavy atom. The minimum Gasteiger partial charge on any atom is -0.481 e. The van der Waals surface area contributed by atoms with Crippen LogP contribution in [0.15, 0.2) is 0 Å². The van der Waals surface area contributed by atoms with Crippen LogP contribution in [0, 0.1) is 5.89 Å². The van der Waals surface area contributed by atoms with Crippen molar-refractivity contribution in [3.8, 4) is 0 Å². The molecular formula is C7H10O7. The Morgan fingerprint density at radius 3 is 2.07 bits per heavy atom. The normalized spacial score (nSPS) is 23.1. The van der Waals surface area contributed by atoms with Gasteiger partial charge < -0.3 is 20.4 Å². The molecule has 0 aromatic rings. The number of rotatable bonds is 5. The van der Waals surface area contributed by atoms with E-state index in [0.717, 1.165) is 0 Å². The quantitative estimate of drug-likeness (QED) is 0.456. The standard InChI is InChI=1S/C7H10O7/c1-3(5(10)11)7(14,6(12)13)2-4(8)9/h3,14H,2H2,1H3,(H,8,9)(H,10,11)(H,12,13)/i2D2,3D. The Hall–Kier alpha value is -1.63. The second-order valence-electron chi connectivity index (χ2n) is 2.38. The fourth-order valence-corrected chi connectivity index (χ4v) is 0.617. The van der Waals surface area contributed by atoms with E-state index in [0.29, 0.717) is 6.92 Å². The lowest BCUT2D eigenvalue weighted by Gasteiger charge is -2.25. The van der Waals surface area contributed by atoms with Gasteiger partial charge in [-0.15, -0.1) is 0 Å². The molecule has 7 heteroatoms. The smallest absolute Gasteiger partial charge is 0.337 e. The number of aliphatic hydroxyl groups is 1. The number of carbonyl (C=O) groups is 3. The molecule has 14 heavy (non-hydrogen) atoms. The van der Waals surface area contributed by atoms with Gasteiger partial charge in [-0.2, -0.15) is 0 Å². The van der Waals surface area contributed by atoms with Gasteiger partial charge >= 0.3 is 17.9 Å². The van der Waals surface area contributed by atoms with Gasteiger partial charge in [-0.25, -0.2) is 4.79 Å². The van der Waals surface area contributed by atoms with E-state index >= 15 is 0 Å². The van der Waals surface area contributed by atoms with Crippen molar-refractivity contribution in [2.45, 2.75) is 18.9 Å². The fraction of sp³-hybridized carbons (Fsp3) is 0.571. The maximum Gasteiger partial charge on any atom is 0.337 e. The zero-order valence-electron chi connectivity index (χ0n) is 10.0. The van der Waals surface area contributed by atoms with Gasteiger partial charge in [-0.05, 0) is 6.92 Å². The molecule has 0 amide bonds. The van der Waals surface area contributed by atoms with Gasteiger partial charge in [0, 0.05) is 4.11 Å². The summed E-state index contributed by atoms with van der Waals surface area (Å²) in [6, 6.07) is 0. The van der Waals surface area contributed by atoms with Crippen LogP contribution in [0.4, 0.5) is 0 Å². The molecule has 0 rings (SSSR count). The molecule has 0 spiro atoms. The molecule has 0 radical (unpaired) electrons. The van der Waals surface area contributed by atoms with Crippen molar-refractivity contribution in [3.05, 3.63) is 0 Å². The Bertz CT molecular complexity index is 350. The zero-order chi connectivity index (χ0) is 14.2. The van der Waals surface area contributed by atoms with Gasteiger partial charge in [0.15, 0.2) is 5.60 Å². The largest absolute Gasteiger partial charge is 0.481 e. The average molecular weight is 209 g/mol. The average Bonchev–Trinajstić information content (AvgIpc) is 2.14. The van der Waals surface area contributed by atoms with E-state index in [1.807, 2.05) is 0 Å². The van der Waals surface area contributed by atoms with Crippen LogP contribution in [-0.2, 0) is 14.4 Å². The molecule has 0 fully saturated rings. The molecule has 2 atom stereocenters. The predicted octanol–water partition coefficient (Wildman–Crippen LogP) is -1.00. The molecule has 0 aliphatic carbocycles.